The molecule has 4 nitrogen and oxygen atoms in total. The third-order valence-electron chi connectivity index (χ3n) is 2.58. The summed E-state index contributed by atoms with van der Waals surface area (Å²) in [7, 11) is 0. The van der Waals surface area contributed by atoms with Crippen LogP contribution < -0.4 is 5.32 Å². The maximum absolute atomic E-state index is 13.4. The van der Waals surface area contributed by atoms with Crippen LogP contribution in [-0.4, -0.2) is 18.5 Å². The SMILES string of the molecule is O=C(COC(=O)c1ccccc1F)Nc1ccccc1Br. The van der Waals surface area contributed by atoms with E-state index >= 15 is 0 Å². The summed E-state index contributed by atoms with van der Waals surface area (Å²) in [4.78, 5) is 23.3. The fraction of sp³-hybridized carbons (Fsp3) is 0.0667. The van der Waals surface area contributed by atoms with Crippen molar-refractivity contribution >= 4 is 33.5 Å². The molecule has 2 aromatic carbocycles. The van der Waals surface area contributed by atoms with Crippen LogP contribution >= 0.6 is 15.9 Å². The first-order valence-corrected chi connectivity index (χ1v) is 6.83. The van der Waals surface area contributed by atoms with Crippen molar-refractivity contribution in [1.29, 1.82) is 0 Å². The van der Waals surface area contributed by atoms with Crippen molar-refractivity contribution < 1.29 is 18.7 Å². The largest absolute Gasteiger partial charge is 0.452 e. The van der Waals surface area contributed by atoms with Gasteiger partial charge in [0.15, 0.2) is 6.61 Å². The van der Waals surface area contributed by atoms with Gasteiger partial charge in [-0.1, -0.05) is 24.3 Å². The molecule has 0 aliphatic carbocycles. The zero-order chi connectivity index (χ0) is 15.2. The highest BCUT2D eigenvalue weighted by Gasteiger charge is 2.14. The molecular formula is C15H11BrFNO3. The Morgan fingerprint density at radius 3 is 2.48 bits per heavy atom. The summed E-state index contributed by atoms with van der Waals surface area (Å²) in [6.07, 6.45) is 0. The minimum Gasteiger partial charge on any atom is -0.452 e. The normalized spacial score (nSPS) is 10.0. The van der Waals surface area contributed by atoms with E-state index in [1.165, 1.54) is 18.2 Å². The predicted octanol–water partition coefficient (Wildman–Crippen LogP) is 3.38. The highest BCUT2D eigenvalue weighted by Crippen LogP contribution is 2.20. The molecule has 0 bridgehead atoms. The fourth-order valence-corrected chi connectivity index (χ4v) is 1.97. The van der Waals surface area contributed by atoms with Crippen LogP contribution in [0.3, 0.4) is 0 Å². The topological polar surface area (TPSA) is 55.4 Å². The van der Waals surface area contributed by atoms with Gasteiger partial charge in [-0.15, -0.1) is 0 Å². The Morgan fingerprint density at radius 2 is 1.76 bits per heavy atom. The summed E-state index contributed by atoms with van der Waals surface area (Å²) in [5, 5.41) is 2.57. The van der Waals surface area contributed by atoms with Gasteiger partial charge in [-0.05, 0) is 40.2 Å². The van der Waals surface area contributed by atoms with Crippen LogP contribution in [0, 0.1) is 5.82 Å². The van der Waals surface area contributed by atoms with E-state index in [0.717, 1.165) is 6.07 Å². The van der Waals surface area contributed by atoms with Crippen LogP contribution in [0.25, 0.3) is 0 Å². The van der Waals surface area contributed by atoms with Crippen LogP contribution in [0.2, 0.25) is 0 Å². The molecule has 0 aliphatic rings. The third-order valence-corrected chi connectivity index (χ3v) is 3.27. The zero-order valence-electron chi connectivity index (χ0n) is 10.8. The van der Waals surface area contributed by atoms with Crippen molar-refractivity contribution in [2.24, 2.45) is 0 Å². The number of amides is 1. The molecule has 6 heteroatoms. The van der Waals surface area contributed by atoms with Crippen LogP contribution in [0.15, 0.2) is 53.0 Å². The molecule has 0 atom stereocenters. The van der Waals surface area contributed by atoms with Gasteiger partial charge in [0.1, 0.15) is 5.82 Å². The first kappa shape index (κ1) is 15.2. The molecule has 0 unspecified atom stereocenters. The van der Waals surface area contributed by atoms with E-state index in [1.54, 1.807) is 24.3 Å². The second-order valence-electron chi connectivity index (χ2n) is 4.08. The van der Waals surface area contributed by atoms with Gasteiger partial charge in [-0.2, -0.15) is 0 Å². The number of rotatable bonds is 4. The molecule has 0 aliphatic heterocycles. The van der Waals surface area contributed by atoms with E-state index in [9.17, 15) is 14.0 Å². The summed E-state index contributed by atoms with van der Waals surface area (Å²) in [6.45, 7) is -0.492. The van der Waals surface area contributed by atoms with E-state index in [1.807, 2.05) is 0 Å². The molecule has 108 valence electrons. The second-order valence-corrected chi connectivity index (χ2v) is 4.94. The summed E-state index contributed by atoms with van der Waals surface area (Å²) in [5.74, 6) is -2.07. The Kier molecular flexibility index (Phi) is 5.05. The summed E-state index contributed by atoms with van der Waals surface area (Å²) >= 11 is 3.28. The molecule has 0 aromatic heterocycles. The molecule has 0 saturated carbocycles. The van der Waals surface area contributed by atoms with Crippen LogP contribution in [0.4, 0.5) is 10.1 Å². The number of carbonyl (C=O) groups excluding carboxylic acids is 2. The first-order valence-electron chi connectivity index (χ1n) is 6.04. The van der Waals surface area contributed by atoms with Crippen molar-refractivity contribution in [2.75, 3.05) is 11.9 Å². The Hall–Kier alpha value is -2.21. The highest BCUT2D eigenvalue weighted by atomic mass is 79.9. The number of benzene rings is 2. The van der Waals surface area contributed by atoms with Gasteiger partial charge in [0.25, 0.3) is 5.91 Å². The molecule has 1 amide bonds. The lowest BCUT2D eigenvalue weighted by Gasteiger charge is -2.08. The van der Waals surface area contributed by atoms with Gasteiger partial charge >= 0.3 is 5.97 Å². The monoisotopic (exact) mass is 351 g/mol. The number of ether oxygens (including phenoxy) is 1. The average Bonchev–Trinajstić information content (AvgIpc) is 2.48. The first-order chi connectivity index (χ1) is 10.1. The summed E-state index contributed by atoms with van der Waals surface area (Å²) in [6, 6.07) is 12.4. The van der Waals surface area contributed by atoms with E-state index in [-0.39, 0.29) is 5.56 Å². The number of carbonyl (C=O) groups is 2. The molecule has 0 saturated heterocycles. The zero-order valence-corrected chi connectivity index (χ0v) is 12.4. The van der Waals surface area contributed by atoms with Crippen molar-refractivity contribution in [3.05, 3.63) is 64.4 Å². The maximum atomic E-state index is 13.4. The van der Waals surface area contributed by atoms with E-state index in [0.29, 0.717) is 10.2 Å². The number of anilines is 1. The standard InChI is InChI=1S/C15H11BrFNO3/c16-11-6-2-4-8-13(11)18-14(19)9-21-15(20)10-5-1-3-7-12(10)17/h1-8H,9H2,(H,18,19). The average molecular weight is 352 g/mol. The molecule has 2 aromatic rings. The molecule has 0 radical (unpaired) electrons. The lowest BCUT2D eigenvalue weighted by molar-refractivity contribution is -0.119. The Labute approximate surface area is 129 Å². The van der Waals surface area contributed by atoms with E-state index in [2.05, 4.69) is 21.2 Å². The molecule has 21 heavy (non-hydrogen) atoms. The van der Waals surface area contributed by atoms with E-state index < -0.39 is 24.3 Å². The van der Waals surface area contributed by atoms with Crippen molar-refractivity contribution in [1.82, 2.24) is 0 Å². The molecule has 0 fully saturated rings. The molecule has 0 spiro atoms. The maximum Gasteiger partial charge on any atom is 0.341 e. The van der Waals surface area contributed by atoms with Crippen LogP contribution in [0.5, 0.6) is 0 Å². The van der Waals surface area contributed by atoms with Gasteiger partial charge in [0, 0.05) is 4.47 Å². The molecule has 0 heterocycles. The number of halogens is 2. The number of para-hydroxylation sites is 1. The minimum atomic E-state index is -0.879. The summed E-state index contributed by atoms with van der Waals surface area (Å²) < 4.78 is 18.8. The number of nitrogens with one attached hydrogen (secondary N) is 1. The van der Waals surface area contributed by atoms with Gasteiger partial charge < -0.3 is 10.1 Å². The second kappa shape index (κ2) is 6.99. The highest BCUT2D eigenvalue weighted by molar-refractivity contribution is 9.10. The Balaban J connectivity index is 1.91. The molecular weight excluding hydrogens is 341 g/mol. The lowest BCUT2D eigenvalue weighted by Crippen LogP contribution is -2.21. The van der Waals surface area contributed by atoms with Crippen molar-refractivity contribution in [3.63, 3.8) is 0 Å². The number of esters is 1. The van der Waals surface area contributed by atoms with Gasteiger partial charge in [0.2, 0.25) is 0 Å². The van der Waals surface area contributed by atoms with Gasteiger partial charge in [0.05, 0.1) is 11.3 Å². The molecule has 2 rings (SSSR count). The van der Waals surface area contributed by atoms with Crippen LogP contribution in [-0.2, 0) is 9.53 Å². The van der Waals surface area contributed by atoms with Crippen molar-refractivity contribution in [2.45, 2.75) is 0 Å². The number of hydrogen-bond acceptors (Lipinski definition) is 3. The number of hydrogen-bond donors (Lipinski definition) is 1. The van der Waals surface area contributed by atoms with Gasteiger partial charge in [-0.3, -0.25) is 4.79 Å². The third kappa shape index (κ3) is 4.13. The van der Waals surface area contributed by atoms with Gasteiger partial charge in [-0.25, -0.2) is 9.18 Å². The quantitative estimate of drug-likeness (QED) is 0.859. The summed E-state index contributed by atoms with van der Waals surface area (Å²) in [5.41, 5.74) is 0.357. The fourth-order valence-electron chi connectivity index (χ4n) is 1.58. The van der Waals surface area contributed by atoms with Crippen molar-refractivity contribution in [3.8, 4) is 0 Å². The Morgan fingerprint density at radius 1 is 1.10 bits per heavy atom. The predicted molar refractivity (Wildman–Crippen MR) is 79.5 cm³/mol. The molecule has 1 N–H and O–H groups in total. The minimum absolute atomic E-state index is 0.203. The van der Waals surface area contributed by atoms with E-state index in [4.69, 9.17) is 4.74 Å². The lowest BCUT2D eigenvalue weighted by atomic mass is 10.2. The van der Waals surface area contributed by atoms with Crippen LogP contribution in [0.1, 0.15) is 10.4 Å². The smallest absolute Gasteiger partial charge is 0.341 e. The Bertz CT molecular complexity index is 675.